The second-order valence-electron chi connectivity index (χ2n) is 6.25. The summed E-state index contributed by atoms with van der Waals surface area (Å²) >= 11 is 0. The Labute approximate surface area is 132 Å². The van der Waals surface area contributed by atoms with Crippen LogP contribution in [-0.2, 0) is 19.6 Å². The molecule has 0 bridgehead atoms. The van der Waals surface area contributed by atoms with Crippen LogP contribution in [0, 0.1) is 11.8 Å². The molecule has 7 nitrogen and oxygen atoms in total. The zero-order valence-electron chi connectivity index (χ0n) is 13.2. The van der Waals surface area contributed by atoms with Crippen molar-refractivity contribution in [2.75, 3.05) is 39.0 Å². The van der Waals surface area contributed by atoms with Crippen LogP contribution >= 0.6 is 0 Å². The first-order chi connectivity index (χ1) is 10.3. The molecule has 22 heavy (non-hydrogen) atoms. The molecule has 2 amide bonds. The van der Waals surface area contributed by atoms with Gasteiger partial charge in [-0.1, -0.05) is 0 Å². The molecule has 2 heterocycles. The van der Waals surface area contributed by atoms with Gasteiger partial charge in [0, 0.05) is 39.1 Å². The fraction of sp³-hybridized carbons (Fsp3) is 0.857. The molecule has 2 aliphatic rings. The summed E-state index contributed by atoms with van der Waals surface area (Å²) in [6.45, 7) is 4.70. The molecule has 126 valence electrons. The normalized spacial score (nSPS) is 26.5. The zero-order valence-corrected chi connectivity index (χ0v) is 14.1. The van der Waals surface area contributed by atoms with Crippen molar-refractivity contribution in [2.24, 2.45) is 11.8 Å². The van der Waals surface area contributed by atoms with E-state index in [9.17, 15) is 18.0 Å². The number of piperidine rings is 1. The lowest BCUT2D eigenvalue weighted by Gasteiger charge is -2.34. The third-order valence-electron chi connectivity index (χ3n) is 4.41. The number of rotatable bonds is 5. The molecule has 8 heteroatoms. The van der Waals surface area contributed by atoms with Crippen LogP contribution in [0.15, 0.2) is 0 Å². The highest BCUT2D eigenvalue weighted by Crippen LogP contribution is 2.23. The summed E-state index contributed by atoms with van der Waals surface area (Å²) in [6.07, 6.45) is 3.23. The molecule has 2 rings (SSSR count). The van der Waals surface area contributed by atoms with E-state index in [2.05, 4.69) is 4.72 Å². The average Bonchev–Trinajstić information content (AvgIpc) is 2.85. The van der Waals surface area contributed by atoms with Crippen LogP contribution in [0.3, 0.4) is 0 Å². The summed E-state index contributed by atoms with van der Waals surface area (Å²) < 4.78 is 24.9. The number of carbonyl (C=O) groups excluding carboxylic acids is 2. The molecule has 2 fully saturated rings. The Morgan fingerprint density at radius 2 is 2.09 bits per heavy atom. The highest BCUT2D eigenvalue weighted by Gasteiger charge is 2.37. The maximum absolute atomic E-state index is 12.6. The van der Waals surface area contributed by atoms with Crippen LogP contribution < -0.4 is 4.72 Å². The van der Waals surface area contributed by atoms with Crippen LogP contribution in [0.5, 0.6) is 0 Å². The molecule has 0 aromatic rings. The summed E-state index contributed by atoms with van der Waals surface area (Å²) in [7, 11) is -3.20. The van der Waals surface area contributed by atoms with Crippen LogP contribution in [-0.4, -0.2) is 69.0 Å². The smallest absolute Gasteiger partial charge is 0.228 e. The Hall–Kier alpha value is -1.15. The fourth-order valence-electron chi connectivity index (χ4n) is 3.20. The number of nitrogens with one attached hydrogen (secondary N) is 1. The molecule has 1 N–H and O–H groups in total. The number of sulfonamides is 1. The van der Waals surface area contributed by atoms with Crippen molar-refractivity contribution in [3.63, 3.8) is 0 Å². The quantitative estimate of drug-likeness (QED) is 0.745. The predicted molar refractivity (Wildman–Crippen MR) is 82.5 cm³/mol. The van der Waals surface area contributed by atoms with Gasteiger partial charge in [-0.15, -0.1) is 0 Å². The second kappa shape index (κ2) is 6.95. The van der Waals surface area contributed by atoms with Gasteiger partial charge in [0.15, 0.2) is 0 Å². The maximum Gasteiger partial charge on any atom is 0.228 e. The van der Waals surface area contributed by atoms with E-state index in [1.165, 1.54) is 0 Å². The monoisotopic (exact) mass is 331 g/mol. The molecule has 0 aromatic heterocycles. The van der Waals surface area contributed by atoms with Gasteiger partial charge in [0.2, 0.25) is 21.8 Å². The van der Waals surface area contributed by atoms with Gasteiger partial charge in [0.05, 0.1) is 12.2 Å². The van der Waals surface area contributed by atoms with Crippen molar-refractivity contribution in [3.05, 3.63) is 0 Å². The first kappa shape index (κ1) is 17.2. The Morgan fingerprint density at radius 3 is 2.68 bits per heavy atom. The first-order valence-electron chi connectivity index (χ1n) is 7.81. The lowest BCUT2D eigenvalue weighted by Crippen LogP contribution is -2.46. The highest BCUT2D eigenvalue weighted by atomic mass is 32.2. The zero-order chi connectivity index (χ0) is 16.3. The number of hydrogen-bond acceptors (Lipinski definition) is 4. The van der Waals surface area contributed by atoms with Gasteiger partial charge in [0.25, 0.3) is 0 Å². The molecule has 0 radical (unpaired) electrons. The minimum absolute atomic E-state index is 0.0355. The average molecular weight is 331 g/mol. The van der Waals surface area contributed by atoms with Crippen LogP contribution in [0.1, 0.15) is 26.2 Å². The van der Waals surface area contributed by atoms with Gasteiger partial charge in [-0.2, -0.15) is 0 Å². The second-order valence-corrected chi connectivity index (χ2v) is 8.08. The Kier molecular flexibility index (Phi) is 5.44. The van der Waals surface area contributed by atoms with Crippen molar-refractivity contribution in [2.45, 2.75) is 26.2 Å². The Balaban J connectivity index is 1.89. The van der Waals surface area contributed by atoms with E-state index in [-0.39, 0.29) is 23.7 Å². The summed E-state index contributed by atoms with van der Waals surface area (Å²) in [5, 5.41) is 0. The number of amides is 2. The Bertz CT molecular complexity index is 534. The molecular formula is C14H25N3O4S. The van der Waals surface area contributed by atoms with E-state index >= 15 is 0 Å². The van der Waals surface area contributed by atoms with Crippen molar-refractivity contribution < 1.29 is 18.0 Å². The van der Waals surface area contributed by atoms with Gasteiger partial charge in [0.1, 0.15) is 0 Å². The SMILES string of the molecule is CCN1C[C@H](C(=O)N2CCC[C@H](CNS(C)(=O)=O)C2)CC1=O. The number of nitrogens with zero attached hydrogens (tertiary/aromatic N) is 2. The van der Waals surface area contributed by atoms with Crippen molar-refractivity contribution in [1.82, 2.24) is 14.5 Å². The summed E-state index contributed by atoms with van der Waals surface area (Å²) in [5.74, 6) is -0.0117. The van der Waals surface area contributed by atoms with E-state index in [1.807, 2.05) is 6.92 Å². The molecule has 2 aliphatic heterocycles. The number of hydrogen-bond donors (Lipinski definition) is 1. The van der Waals surface area contributed by atoms with Gasteiger partial charge in [-0.3, -0.25) is 9.59 Å². The number of carbonyl (C=O) groups is 2. The molecule has 0 aliphatic carbocycles. The van der Waals surface area contributed by atoms with E-state index in [0.717, 1.165) is 19.1 Å². The molecular weight excluding hydrogens is 306 g/mol. The van der Waals surface area contributed by atoms with Crippen LogP contribution in [0.2, 0.25) is 0 Å². The van der Waals surface area contributed by atoms with Crippen LogP contribution in [0.25, 0.3) is 0 Å². The molecule has 0 spiro atoms. The third-order valence-corrected chi connectivity index (χ3v) is 5.10. The van der Waals surface area contributed by atoms with Gasteiger partial charge < -0.3 is 9.80 Å². The van der Waals surface area contributed by atoms with E-state index < -0.39 is 10.0 Å². The van der Waals surface area contributed by atoms with Gasteiger partial charge in [-0.25, -0.2) is 13.1 Å². The molecule has 0 unspecified atom stereocenters. The molecule has 2 atom stereocenters. The topological polar surface area (TPSA) is 86.8 Å². The molecule has 0 aromatic carbocycles. The lowest BCUT2D eigenvalue weighted by atomic mass is 9.96. The summed E-state index contributed by atoms with van der Waals surface area (Å²) in [6, 6.07) is 0. The maximum atomic E-state index is 12.6. The minimum atomic E-state index is -3.20. The van der Waals surface area contributed by atoms with E-state index in [1.54, 1.807) is 9.80 Å². The first-order valence-corrected chi connectivity index (χ1v) is 9.70. The van der Waals surface area contributed by atoms with Crippen molar-refractivity contribution in [3.8, 4) is 0 Å². The van der Waals surface area contributed by atoms with Gasteiger partial charge in [-0.05, 0) is 25.7 Å². The largest absolute Gasteiger partial charge is 0.342 e. The third kappa shape index (κ3) is 4.42. The lowest BCUT2D eigenvalue weighted by molar-refractivity contribution is -0.137. The standard InChI is InChI=1S/C14H25N3O4S/c1-3-16-10-12(7-13(16)18)14(19)17-6-4-5-11(9-17)8-15-22(2,20)21/h11-12,15H,3-10H2,1-2H3/t11-,12-/m1/s1. The van der Waals surface area contributed by atoms with E-state index in [4.69, 9.17) is 0 Å². The highest BCUT2D eigenvalue weighted by molar-refractivity contribution is 7.88. The van der Waals surface area contributed by atoms with Gasteiger partial charge >= 0.3 is 0 Å². The van der Waals surface area contributed by atoms with Crippen molar-refractivity contribution >= 4 is 21.8 Å². The fourth-order valence-corrected chi connectivity index (χ4v) is 3.74. The van der Waals surface area contributed by atoms with Crippen LogP contribution in [0.4, 0.5) is 0 Å². The minimum Gasteiger partial charge on any atom is -0.342 e. The summed E-state index contributed by atoms with van der Waals surface area (Å²) in [4.78, 5) is 27.8. The predicted octanol–water partition coefficient (Wildman–Crippen LogP) is -0.357. The van der Waals surface area contributed by atoms with Crippen molar-refractivity contribution in [1.29, 1.82) is 0 Å². The Morgan fingerprint density at radius 1 is 1.36 bits per heavy atom. The van der Waals surface area contributed by atoms with E-state index in [0.29, 0.717) is 39.1 Å². The summed E-state index contributed by atoms with van der Waals surface area (Å²) in [5.41, 5.74) is 0. The molecule has 2 saturated heterocycles. The molecule has 0 saturated carbocycles. The number of likely N-dealkylation sites (tertiary alicyclic amines) is 2.